The molecule has 0 radical (unpaired) electrons. The minimum atomic E-state index is 0.655. The Kier molecular flexibility index (Phi) is 8.68. The number of aliphatic imine (C=N–C) groups is 1. The molecule has 1 saturated heterocycles. The molecule has 0 saturated carbocycles. The molecule has 2 N–H and O–H groups in total. The Morgan fingerprint density at radius 2 is 2.19 bits per heavy atom. The lowest BCUT2D eigenvalue weighted by Gasteiger charge is -2.33. The number of nitrogens with zero attached hydrogens (tertiary/aromatic N) is 4. The van der Waals surface area contributed by atoms with Crippen LogP contribution in [0, 0.1) is 0 Å². The zero-order chi connectivity index (χ0) is 18.8. The number of anilines is 1. The van der Waals surface area contributed by atoms with E-state index in [1.165, 1.54) is 37.9 Å². The fraction of sp³-hybridized carbons (Fsp3) is 0.700. The first kappa shape index (κ1) is 20.5. The van der Waals surface area contributed by atoms with Crippen molar-refractivity contribution in [3.05, 3.63) is 23.9 Å². The van der Waals surface area contributed by atoms with E-state index in [0.29, 0.717) is 6.54 Å². The minimum Gasteiger partial charge on any atom is -0.363 e. The Balaban J connectivity index is 1.79. The molecular weight excluding hydrogens is 324 g/mol. The number of hydrogen-bond acceptors (Lipinski definition) is 4. The molecule has 0 aliphatic carbocycles. The normalized spacial score (nSPS) is 18.6. The third-order valence-electron chi connectivity index (χ3n) is 4.89. The summed E-state index contributed by atoms with van der Waals surface area (Å²) >= 11 is 0. The Bertz CT molecular complexity index is 557. The van der Waals surface area contributed by atoms with Gasteiger partial charge in [-0.1, -0.05) is 6.42 Å². The summed E-state index contributed by atoms with van der Waals surface area (Å²) in [6.07, 6.45) is 7.08. The van der Waals surface area contributed by atoms with Gasteiger partial charge in [-0.05, 0) is 57.4 Å². The number of pyridine rings is 1. The standard InChI is InChI=1S/C20H36N6/c1-5-21-20(23-11-8-14-26-13-7-6-9-17(26)2)24-16-18-10-12-22-19(15-18)25(3)4/h10,12,15,17H,5-9,11,13-14,16H2,1-4H3,(H2,21,23,24). The molecular formula is C20H36N6. The van der Waals surface area contributed by atoms with Gasteiger partial charge in [0.15, 0.2) is 5.96 Å². The van der Waals surface area contributed by atoms with Gasteiger partial charge in [0, 0.05) is 46.0 Å². The molecule has 0 spiro atoms. The maximum Gasteiger partial charge on any atom is 0.191 e. The van der Waals surface area contributed by atoms with Crippen molar-refractivity contribution in [2.75, 3.05) is 45.2 Å². The summed E-state index contributed by atoms with van der Waals surface area (Å²) < 4.78 is 0. The van der Waals surface area contributed by atoms with Crippen molar-refractivity contribution in [3.8, 4) is 0 Å². The van der Waals surface area contributed by atoms with Crippen LogP contribution in [-0.2, 0) is 6.54 Å². The summed E-state index contributed by atoms with van der Waals surface area (Å²) in [5.41, 5.74) is 1.17. The monoisotopic (exact) mass is 360 g/mol. The van der Waals surface area contributed by atoms with Crippen LogP contribution in [-0.4, -0.2) is 62.2 Å². The first-order valence-corrected chi connectivity index (χ1v) is 9.98. The highest BCUT2D eigenvalue weighted by molar-refractivity contribution is 5.79. The van der Waals surface area contributed by atoms with Gasteiger partial charge in [-0.25, -0.2) is 9.98 Å². The molecule has 1 unspecified atom stereocenters. The predicted molar refractivity (Wildman–Crippen MR) is 111 cm³/mol. The fourth-order valence-corrected chi connectivity index (χ4v) is 3.29. The van der Waals surface area contributed by atoms with Gasteiger partial charge in [0.2, 0.25) is 0 Å². The number of piperidine rings is 1. The van der Waals surface area contributed by atoms with Crippen LogP contribution < -0.4 is 15.5 Å². The number of likely N-dealkylation sites (tertiary alicyclic amines) is 1. The van der Waals surface area contributed by atoms with Crippen LogP contribution in [0.25, 0.3) is 0 Å². The molecule has 0 amide bonds. The Morgan fingerprint density at radius 1 is 1.35 bits per heavy atom. The van der Waals surface area contributed by atoms with Crippen molar-refractivity contribution in [2.45, 2.75) is 52.1 Å². The first-order valence-electron chi connectivity index (χ1n) is 9.98. The zero-order valence-electron chi connectivity index (χ0n) is 17.0. The number of hydrogen-bond donors (Lipinski definition) is 2. The van der Waals surface area contributed by atoms with Crippen LogP contribution in [0.4, 0.5) is 5.82 Å². The SMILES string of the molecule is CCNC(=NCc1ccnc(N(C)C)c1)NCCCN1CCCCC1C. The van der Waals surface area contributed by atoms with Crippen LogP contribution in [0.1, 0.15) is 45.1 Å². The maximum absolute atomic E-state index is 4.72. The summed E-state index contributed by atoms with van der Waals surface area (Å²) in [6, 6.07) is 4.85. The highest BCUT2D eigenvalue weighted by atomic mass is 15.2. The van der Waals surface area contributed by atoms with Gasteiger partial charge >= 0.3 is 0 Å². The average Bonchev–Trinajstić information content (AvgIpc) is 2.64. The van der Waals surface area contributed by atoms with E-state index in [1.54, 1.807) is 0 Å². The van der Waals surface area contributed by atoms with Crippen LogP contribution in [0.3, 0.4) is 0 Å². The van der Waals surface area contributed by atoms with Crippen LogP contribution in [0.5, 0.6) is 0 Å². The van der Waals surface area contributed by atoms with Gasteiger partial charge < -0.3 is 20.4 Å². The second-order valence-corrected chi connectivity index (χ2v) is 7.27. The van der Waals surface area contributed by atoms with Crippen molar-refractivity contribution in [3.63, 3.8) is 0 Å². The van der Waals surface area contributed by atoms with E-state index in [9.17, 15) is 0 Å². The molecule has 146 valence electrons. The summed E-state index contributed by atoms with van der Waals surface area (Å²) in [4.78, 5) is 13.7. The van der Waals surface area contributed by atoms with Gasteiger partial charge in [0.05, 0.1) is 6.54 Å². The fourth-order valence-electron chi connectivity index (χ4n) is 3.29. The van der Waals surface area contributed by atoms with E-state index in [2.05, 4.69) is 40.4 Å². The molecule has 6 nitrogen and oxygen atoms in total. The van der Waals surface area contributed by atoms with Crippen molar-refractivity contribution < 1.29 is 0 Å². The number of nitrogens with one attached hydrogen (secondary N) is 2. The molecule has 1 atom stereocenters. The first-order chi connectivity index (χ1) is 12.6. The third kappa shape index (κ3) is 6.83. The van der Waals surface area contributed by atoms with Crippen LogP contribution in [0.2, 0.25) is 0 Å². The second-order valence-electron chi connectivity index (χ2n) is 7.27. The van der Waals surface area contributed by atoms with Crippen LogP contribution in [0.15, 0.2) is 23.3 Å². The molecule has 1 aliphatic heterocycles. The van der Waals surface area contributed by atoms with E-state index < -0.39 is 0 Å². The molecule has 26 heavy (non-hydrogen) atoms. The second kappa shape index (κ2) is 11.0. The molecule has 2 heterocycles. The van der Waals surface area contributed by atoms with Crippen LogP contribution >= 0.6 is 0 Å². The number of aromatic nitrogens is 1. The molecule has 1 aromatic rings. The number of guanidine groups is 1. The summed E-state index contributed by atoms with van der Waals surface area (Å²) in [6.45, 7) is 9.36. The third-order valence-corrected chi connectivity index (χ3v) is 4.89. The highest BCUT2D eigenvalue weighted by Gasteiger charge is 2.17. The molecule has 6 heteroatoms. The van der Waals surface area contributed by atoms with Gasteiger partial charge in [-0.15, -0.1) is 0 Å². The lowest BCUT2D eigenvalue weighted by molar-refractivity contribution is 0.159. The van der Waals surface area contributed by atoms with E-state index >= 15 is 0 Å². The van der Waals surface area contributed by atoms with Gasteiger partial charge in [0.1, 0.15) is 5.82 Å². The maximum atomic E-state index is 4.72. The smallest absolute Gasteiger partial charge is 0.191 e. The van der Waals surface area contributed by atoms with Gasteiger partial charge in [-0.3, -0.25) is 0 Å². The average molecular weight is 361 g/mol. The van der Waals surface area contributed by atoms with Crippen molar-refractivity contribution >= 4 is 11.8 Å². The Hall–Kier alpha value is -1.82. The number of rotatable bonds is 8. The summed E-state index contributed by atoms with van der Waals surface area (Å²) in [5.74, 6) is 1.86. The molecule has 1 aliphatic rings. The Morgan fingerprint density at radius 3 is 2.92 bits per heavy atom. The lowest BCUT2D eigenvalue weighted by atomic mass is 10.0. The van der Waals surface area contributed by atoms with E-state index in [1.807, 2.05) is 31.3 Å². The summed E-state index contributed by atoms with van der Waals surface area (Å²) in [7, 11) is 4.01. The van der Waals surface area contributed by atoms with Crippen molar-refractivity contribution in [2.24, 2.45) is 4.99 Å². The molecule has 2 rings (SSSR count). The highest BCUT2D eigenvalue weighted by Crippen LogP contribution is 2.16. The van der Waals surface area contributed by atoms with Crippen molar-refractivity contribution in [1.29, 1.82) is 0 Å². The van der Waals surface area contributed by atoms with E-state index in [-0.39, 0.29) is 0 Å². The molecule has 1 fully saturated rings. The predicted octanol–water partition coefficient (Wildman–Crippen LogP) is 2.47. The van der Waals surface area contributed by atoms with Gasteiger partial charge in [-0.2, -0.15) is 0 Å². The molecule has 1 aromatic heterocycles. The Labute approximate surface area is 159 Å². The quantitative estimate of drug-likeness (QED) is 0.424. The van der Waals surface area contributed by atoms with E-state index in [4.69, 9.17) is 4.99 Å². The summed E-state index contributed by atoms with van der Waals surface area (Å²) in [5, 5.41) is 6.81. The molecule has 0 aromatic carbocycles. The lowest BCUT2D eigenvalue weighted by Crippen LogP contribution is -2.41. The topological polar surface area (TPSA) is 55.8 Å². The van der Waals surface area contributed by atoms with Crippen molar-refractivity contribution in [1.82, 2.24) is 20.5 Å². The van der Waals surface area contributed by atoms with E-state index in [0.717, 1.165) is 37.3 Å². The largest absolute Gasteiger partial charge is 0.363 e. The minimum absolute atomic E-state index is 0.655. The molecule has 0 bridgehead atoms. The zero-order valence-corrected chi connectivity index (χ0v) is 17.0. The van der Waals surface area contributed by atoms with Gasteiger partial charge in [0.25, 0.3) is 0 Å².